The molecule has 2 saturated heterocycles. The van der Waals surface area contributed by atoms with E-state index in [1.807, 2.05) is 31.7 Å². The summed E-state index contributed by atoms with van der Waals surface area (Å²) >= 11 is 0. The molecule has 358 valence electrons. The maximum atomic E-state index is 14.9. The second kappa shape index (κ2) is 17.6. The van der Waals surface area contributed by atoms with E-state index in [2.05, 4.69) is 5.32 Å². The highest BCUT2D eigenvalue weighted by Crippen LogP contribution is 2.51. The van der Waals surface area contributed by atoms with Gasteiger partial charge >= 0.3 is 11.8 Å². The van der Waals surface area contributed by atoms with Gasteiger partial charge in [0.05, 0.1) is 47.2 Å². The van der Waals surface area contributed by atoms with Crippen molar-refractivity contribution < 1.29 is 62.9 Å². The third-order valence-electron chi connectivity index (χ3n) is 14.5. The zero-order valence-electron chi connectivity index (χ0n) is 39.3. The number of esters is 1. The number of nitrogens with zero attached hydrogens (tertiary/aromatic N) is 2. The molecule has 7 bridgehead atoms. The molecule has 2 aromatic rings. The van der Waals surface area contributed by atoms with Crippen molar-refractivity contribution in [1.29, 1.82) is 0 Å². The molecule has 2 aromatic carbocycles. The minimum Gasteiger partial charge on any atom is -0.507 e. The number of carbonyl (C=O) groups is 3. The highest BCUT2D eigenvalue weighted by molar-refractivity contribution is 6.22. The molecule has 67 heavy (non-hydrogen) atoms. The maximum Gasteiger partial charge on any atom is 0.312 e. The molecule has 0 unspecified atom stereocenters. The fourth-order valence-corrected chi connectivity index (χ4v) is 10.1. The summed E-state index contributed by atoms with van der Waals surface area (Å²) in [5, 5.41) is 47.5. The lowest BCUT2D eigenvalue weighted by atomic mass is 9.70. The van der Waals surface area contributed by atoms with Crippen LogP contribution in [0.3, 0.4) is 0 Å². The van der Waals surface area contributed by atoms with Crippen LogP contribution in [0.15, 0.2) is 57.5 Å². The topological polar surface area (TPSA) is 237 Å². The average Bonchev–Trinajstić information content (AvgIpc) is 3.56. The van der Waals surface area contributed by atoms with Gasteiger partial charge in [-0.1, -0.05) is 45.9 Å². The van der Waals surface area contributed by atoms with Gasteiger partial charge in [0.25, 0.3) is 11.7 Å². The Morgan fingerprint density at radius 3 is 2.34 bits per heavy atom. The van der Waals surface area contributed by atoms with Gasteiger partial charge < -0.3 is 58.7 Å². The molecule has 8 heterocycles. The van der Waals surface area contributed by atoms with Crippen molar-refractivity contribution in [3.63, 3.8) is 0 Å². The minimum absolute atomic E-state index is 0.0259. The Hall–Kier alpha value is -6.01. The first-order valence-electron chi connectivity index (χ1n) is 22.7. The lowest BCUT2D eigenvalue weighted by molar-refractivity contribution is -0.251. The zero-order valence-corrected chi connectivity index (χ0v) is 39.3. The number of aliphatic hydroxyl groups excluding tert-OH is 2. The predicted octanol–water partition coefficient (Wildman–Crippen LogP) is 6.41. The number of ether oxygens (including phenoxy) is 5. The van der Waals surface area contributed by atoms with Crippen LogP contribution in [0, 0.1) is 30.6 Å². The Kier molecular flexibility index (Phi) is 12.5. The second-order valence-electron chi connectivity index (χ2n) is 18.9. The number of piperidine rings is 1. The predicted molar refractivity (Wildman–Crippen MR) is 247 cm³/mol. The van der Waals surface area contributed by atoms with Crippen molar-refractivity contribution in [2.75, 3.05) is 30.4 Å². The number of benzene rings is 3. The summed E-state index contributed by atoms with van der Waals surface area (Å²) in [6.45, 7) is 16.1. The number of carbonyl (C=O) groups excluding carboxylic acids is 3. The minimum atomic E-state index is -2.08. The monoisotopic (exact) mass is 925 g/mol. The lowest BCUT2D eigenvalue weighted by Crippen LogP contribution is -2.60. The standard InChI is InChI=1S/C50H59N3O14/c1-22-12-11-16-49(8)27(6)44(66-49)25(4)40(57)24(3)43(64-28(7)54)23(2)32(62-10)15-19-63-50(9)47(60)36-34-35(41(58)26(5)45(36)67-50)42(59)39(52-48(22)61)46-38(34)51-37-31(56)20-29(21-33(37)65-46)53-17-13-30(55)14-18-53/h11-12,15-16,19-21,23-25,27,30,32,40,43-44,55-58H,13-14,17-18H2,1-10H3,(H,52,61)/b16-11+,19-15+,22-12-/t23-,24-,25+,27-,32+,40+,43-,44-,49+,50+/m1/s1. The number of aromatic nitrogens is 1. The van der Waals surface area contributed by atoms with Crippen LogP contribution in [0.1, 0.15) is 84.2 Å². The van der Waals surface area contributed by atoms with Gasteiger partial charge in [-0.2, -0.15) is 0 Å². The molecule has 0 aromatic heterocycles. The molecule has 0 radical (unpaired) electrons. The van der Waals surface area contributed by atoms with Crippen molar-refractivity contribution >= 4 is 50.9 Å². The van der Waals surface area contributed by atoms with Gasteiger partial charge in [-0.3, -0.25) is 19.2 Å². The van der Waals surface area contributed by atoms with Crippen molar-refractivity contribution in [2.24, 2.45) is 23.7 Å². The molecular weight excluding hydrogens is 867 g/mol. The van der Waals surface area contributed by atoms with Gasteiger partial charge in [-0.25, -0.2) is 4.98 Å². The fraction of sp³-hybridized carbons (Fsp3) is 0.500. The van der Waals surface area contributed by atoms with E-state index in [-0.39, 0.29) is 79.2 Å². The van der Waals surface area contributed by atoms with E-state index >= 15 is 0 Å². The van der Waals surface area contributed by atoms with Crippen LogP contribution in [-0.4, -0.2) is 105 Å². The highest BCUT2D eigenvalue weighted by Gasteiger charge is 2.53. The number of hydrogen-bond acceptors (Lipinski definition) is 16. The maximum absolute atomic E-state index is 14.9. The Balaban J connectivity index is 1.32. The number of phenols is 2. The fourth-order valence-electron chi connectivity index (χ4n) is 10.1. The van der Waals surface area contributed by atoms with E-state index < -0.39 is 82.4 Å². The molecular formula is C50H59N3O14. The molecule has 2 fully saturated rings. The SMILES string of the molecule is CO[C@H]1/C=C/O[C@@]2(C)Oc3c(C)c(O)c4c(=O)c(c5oc6cc(N7CCC(O)CC7)cc(O)c6nc-5c4c3C2=O)NC(=O)/C(C)=C\C=C\[C@]2(C)O[C@H]([C@@H](C)[C@@H](O)[C@@H](C)[C@H](OC(C)=O)[C@@H]1C)[C@H]2C. The number of amides is 1. The summed E-state index contributed by atoms with van der Waals surface area (Å²) in [5.41, 5.74) is -1.56. The summed E-state index contributed by atoms with van der Waals surface area (Å²) in [6, 6.07) is 3.14. The Labute approximate surface area is 387 Å². The Morgan fingerprint density at radius 1 is 0.985 bits per heavy atom. The number of nitrogens with one attached hydrogen (secondary N) is 1. The average molecular weight is 926 g/mol. The smallest absolute Gasteiger partial charge is 0.312 e. The van der Waals surface area contributed by atoms with Crippen molar-refractivity contribution in [2.45, 2.75) is 117 Å². The van der Waals surface area contributed by atoms with Crippen LogP contribution in [0.5, 0.6) is 17.2 Å². The van der Waals surface area contributed by atoms with Crippen LogP contribution in [0.2, 0.25) is 0 Å². The number of ketones is 1. The molecule has 17 nitrogen and oxygen atoms in total. The molecule has 5 N–H and O–H groups in total. The number of allylic oxidation sites excluding steroid dienone is 2. The van der Waals surface area contributed by atoms with Crippen LogP contribution in [0.4, 0.5) is 11.4 Å². The molecule has 17 heteroatoms. The van der Waals surface area contributed by atoms with E-state index in [0.29, 0.717) is 31.6 Å². The van der Waals surface area contributed by atoms with Gasteiger partial charge in [0.1, 0.15) is 40.3 Å². The normalized spacial score (nSPS) is 32.5. The number of rotatable bonds is 3. The van der Waals surface area contributed by atoms with Crippen molar-refractivity contribution in [1.82, 2.24) is 4.98 Å². The molecule has 10 atom stereocenters. The number of anilines is 2. The number of phenolic OH excluding ortho intramolecular Hbond substituents is 2. The van der Waals surface area contributed by atoms with Crippen LogP contribution >= 0.6 is 0 Å². The summed E-state index contributed by atoms with van der Waals surface area (Å²) in [5.74, 6) is -6.91. The van der Waals surface area contributed by atoms with Gasteiger partial charge in [0.2, 0.25) is 5.43 Å². The Bertz CT molecular complexity index is 2790. The number of aliphatic hydroxyl groups is 2. The Morgan fingerprint density at radius 2 is 1.69 bits per heavy atom. The second-order valence-corrected chi connectivity index (χ2v) is 18.9. The molecule has 1 aliphatic carbocycles. The van der Waals surface area contributed by atoms with Gasteiger partial charge in [-0.05, 0) is 39.7 Å². The summed E-state index contributed by atoms with van der Waals surface area (Å²) < 4.78 is 36.9. The van der Waals surface area contributed by atoms with E-state index in [9.17, 15) is 39.6 Å². The summed E-state index contributed by atoms with van der Waals surface area (Å²) in [6.07, 6.45) is 5.37. The molecule has 0 saturated carbocycles. The largest absolute Gasteiger partial charge is 0.507 e. The van der Waals surface area contributed by atoms with Crippen molar-refractivity contribution in [3.05, 3.63) is 69.6 Å². The van der Waals surface area contributed by atoms with Crippen molar-refractivity contribution in [3.8, 4) is 28.7 Å². The van der Waals surface area contributed by atoms with Crippen LogP contribution < -0.4 is 20.4 Å². The van der Waals surface area contributed by atoms with Crippen LogP contribution in [-0.2, 0) is 28.5 Å². The third kappa shape index (κ3) is 8.08. The van der Waals surface area contributed by atoms with Gasteiger partial charge in [-0.15, -0.1) is 0 Å². The number of methoxy groups -OCH3 is 1. The molecule has 9 aliphatic rings. The zero-order chi connectivity index (χ0) is 48.6. The first-order chi connectivity index (χ1) is 31.6. The highest BCUT2D eigenvalue weighted by atomic mass is 16.7. The van der Waals surface area contributed by atoms with E-state index in [4.69, 9.17) is 33.1 Å². The number of aromatic hydroxyl groups is 2. The molecule has 8 aliphatic heterocycles. The van der Waals surface area contributed by atoms with Crippen LogP contribution in [0.25, 0.3) is 33.3 Å². The number of hydrogen-bond donors (Lipinski definition) is 5. The lowest BCUT2D eigenvalue weighted by Gasteiger charge is -2.54. The first kappa shape index (κ1) is 47.5. The van der Waals surface area contributed by atoms with Gasteiger partial charge in [0.15, 0.2) is 11.3 Å². The number of Topliss-reactive ketones (excluding diaryl/α,β-unsaturated/α-hetero) is 1. The van der Waals surface area contributed by atoms with Gasteiger partial charge in [0, 0.05) is 92.1 Å². The molecule has 0 spiro atoms. The summed E-state index contributed by atoms with van der Waals surface area (Å²) in [4.78, 5) is 63.0. The number of fused-ring (bicyclic) bond motifs is 1. The van der Waals surface area contributed by atoms with E-state index in [1.54, 1.807) is 39.0 Å². The molecule has 11 rings (SSSR count). The quantitative estimate of drug-likeness (QED) is 0.0848. The van der Waals surface area contributed by atoms with E-state index in [0.717, 1.165) is 0 Å². The third-order valence-corrected chi connectivity index (χ3v) is 14.5. The summed E-state index contributed by atoms with van der Waals surface area (Å²) in [7, 11) is 1.46. The van der Waals surface area contributed by atoms with E-state index in [1.165, 1.54) is 46.3 Å². The molecule has 1 amide bonds. The first-order valence-corrected chi connectivity index (χ1v) is 22.7.